The van der Waals surface area contributed by atoms with Crippen LogP contribution in [0.1, 0.15) is 0 Å². The Balaban J connectivity index is 1.22. The Bertz CT molecular complexity index is 3290. The number of hydrogen-bond donors (Lipinski definition) is 0. The lowest BCUT2D eigenvalue weighted by molar-refractivity contribution is 1.18. The SMILES string of the molecule is c1ccc(-c2ccccc2-c2c(-c3ccccc3)cccc2N(c2ccc(-c3ccc4ccccc4c3)cc2)c2cccc3c2c2ccccc2n3-c2ccccc2)cc1. The molecule has 2 heteroatoms. The molecule has 0 bridgehead atoms. The molecular weight excluding hydrogens is 725 g/mol. The van der Waals surface area contributed by atoms with Gasteiger partial charge in [0.2, 0.25) is 0 Å². The molecule has 0 radical (unpaired) electrons. The zero-order chi connectivity index (χ0) is 39.8. The molecule has 0 saturated carbocycles. The van der Waals surface area contributed by atoms with Crippen LogP contribution in [0, 0.1) is 0 Å². The average molecular weight is 765 g/mol. The van der Waals surface area contributed by atoms with Gasteiger partial charge in [-0.2, -0.15) is 0 Å². The highest BCUT2D eigenvalue weighted by Gasteiger charge is 2.26. The molecule has 2 nitrogen and oxygen atoms in total. The lowest BCUT2D eigenvalue weighted by atomic mass is 9.87. The van der Waals surface area contributed by atoms with Crippen molar-refractivity contribution in [2.75, 3.05) is 4.90 Å². The summed E-state index contributed by atoms with van der Waals surface area (Å²) in [5.41, 5.74) is 16.2. The lowest BCUT2D eigenvalue weighted by Gasteiger charge is -2.30. The van der Waals surface area contributed by atoms with Gasteiger partial charge in [-0.1, -0.05) is 188 Å². The van der Waals surface area contributed by atoms with Gasteiger partial charge < -0.3 is 9.47 Å². The molecule has 0 N–H and O–H groups in total. The summed E-state index contributed by atoms with van der Waals surface area (Å²) in [5, 5.41) is 4.88. The van der Waals surface area contributed by atoms with E-state index in [1.165, 1.54) is 71.6 Å². The van der Waals surface area contributed by atoms with Crippen molar-refractivity contribution in [2.24, 2.45) is 0 Å². The van der Waals surface area contributed by atoms with Crippen LogP contribution in [-0.4, -0.2) is 4.57 Å². The highest BCUT2D eigenvalue weighted by atomic mass is 15.2. The van der Waals surface area contributed by atoms with Crippen LogP contribution >= 0.6 is 0 Å². The largest absolute Gasteiger partial charge is 0.309 e. The summed E-state index contributed by atoms with van der Waals surface area (Å²) in [6.07, 6.45) is 0. The van der Waals surface area contributed by atoms with Gasteiger partial charge in [-0.25, -0.2) is 0 Å². The zero-order valence-electron chi connectivity index (χ0n) is 33.0. The Hall–Kier alpha value is -7.94. The second kappa shape index (κ2) is 15.1. The Morgan fingerprint density at radius 3 is 1.63 bits per heavy atom. The van der Waals surface area contributed by atoms with Crippen molar-refractivity contribution in [1.82, 2.24) is 4.57 Å². The molecule has 60 heavy (non-hydrogen) atoms. The molecule has 282 valence electrons. The van der Waals surface area contributed by atoms with E-state index >= 15 is 0 Å². The molecule has 11 rings (SSSR count). The van der Waals surface area contributed by atoms with Crippen LogP contribution in [0.25, 0.3) is 82.8 Å². The number of para-hydroxylation sites is 2. The van der Waals surface area contributed by atoms with E-state index in [1.807, 2.05) is 0 Å². The average Bonchev–Trinajstić information content (AvgIpc) is 3.67. The van der Waals surface area contributed by atoms with Crippen molar-refractivity contribution in [3.8, 4) is 50.2 Å². The van der Waals surface area contributed by atoms with Gasteiger partial charge in [0.05, 0.1) is 22.4 Å². The van der Waals surface area contributed by atoms with Crippen LogP contribution in [0.3, 0.4) is 0 Å². The summed E-state index contributed by atoms with van der Waals surface area (Å²) in [6, 6.07) is 88.0. The standard InChI is InChI=1S/C58H40N2/c1-4-19-43(20-5-1)49-26-12-13-27-51(49)57-50(44-21-6-2-7-22-44)29-16-31-54(57)60(48-38-36-42(37-39-48)46-35-34-41-18-10-11-23-45(41)40-46)56-33-17-32-55-58(56)52-28-14-15-30-53(52)59(55)47-24-8-3-9-25-47/h1-40H. The molecular formula is C58H40N2. The summed E-state index contributed by atoms with van der Waals surface area (Å²) in [5.74, 6) is 0. The molecule has 0 aliphatic carbocycles. The minimum Gasteiger partial charge on any atom is -0.309 e. The van der Waals surface area contributed by atoms with Gasteiger partial charge in [-0.3, -0.25) is 0 Å². The number of fused-ring (bicyclic) bond motifs is 4. The van der Waals surface area contributed by atoms with E-state index in [0.717, 1.165) is 28.3 Å². The number of rotatable bonds is 8. The molecule has 0 fully saturated rings. The second-order valence-corrected chi connectivity index (χ2v) is 15.3. The van der Waals surface area contributed by atoms with Crippen molar-refractivity contribution < 1.29 is 0 Å². The minimum atomic E-state index is 1.08. The number of benzene rings is 10. The maximum Gasteiger partial charge on any atom is 0.0562 e. The number of aromatic nitrogens is 1. The van der Waals surface area contributed by atoms with E-state index in [1.54, 1.807) is 0 Å². The molecule has 0 spiro atoms. The summed E-state index contributed by atoms with van der Waals surface area (Å²) in [4.78, 5) is 2.50. The predicted octanol–water partition coefficient (Wildman–Crippen LogP) is 16.1. The molecule has 0 amide bonds. The normalized spacial score (nSPS) is 11.3. The summed E-state index contributed by atoms with van der Waals surface area (Å²) in [7, 11) is 0. The van der Waals surface area contributed by atoms with Crippen LogP contribution in [0.4, 0.5) is 17.1 Å². The van der Waals surface area contributed by atoms with Crippen molar-refractivity contribution >= 4 is 49.6 Å². The smallest absolute Gasteiger partial charge is 0.0562 e. The summed E-state index contributed by atoms with van der Waals surface area (Å²) in [6.45, 7) is 0. The quantitative estimate of drug-likeness (QED) is 0.150. The Morgan fingerprint density at radius 1 is 0.317 bits per heavy atom. The van der Waals surface area contributed by atoms with Gasteiger partial charge >= 0.3 is 0 Å². The first-order chi connectivity index (χ1) is 29.8. The topological polar surface area (TPSA) is 8.17 Å². The fraction of sp³-hybridized carbons (Fsp3) is 0. The lowest BCUT2D eigenvalue weighted by Crippen LogP contribution is -2.12. The monoisotopic (exact) mass is 764 g/mol. The van der Waals surface area contributed by atoms with Crippen LogP contribution in [0.2, 0.25) is 0 Å². The Kier molecular flexibility index (Phi) is 8.87. The highest BCUT2D eigenvalue weighted by Crippen LogP contribution is 2.50. The van der Waals surface area contributed by atoms with E-state index < -0.39 is 0 Å². The molecule has 1 heterocycles. The van der Waals surface area contributed by atoms with Crippen LogP contribution < -0.4 is 4.90 Å². The molecule has 0 aliphatic heterocycles. The molecule has 10 aromatic carbocycles. The van der Waals surface area contributed by atoms with Crippen molar-refractivity contribution in [1.29, 1.82) is 0 Å². The van der Waals surface area contributed by atoms with Crippen LogP contribution in [0.15, 0.2) is 243 Å². The van der Waals surface area contributed by atoms with Gasteiger partial charge in [-0.15, -0.1) is 0 Å². The third-order valence-electron chi connectivity index (χ3n) is 11.8. The molecule has 0 unspecified atom stereocenters. The van der Waals surface area contributed by atoms with Gasteiger partial charge in [0.1, 0.15) is 0 Å². The number of anilines is 3. The molecule has 0 aliphatic rings. The van der Waals surface area contributed by atoms with E-state index in [2.05, 4.69) is 252 Å². The second-order valence-electron chi connectivity index (χ2n) is 15.3. The van der Waals surface area contributed by atoms with Crippen molar-refractivity contribution in [3.05, 3.63) is 243 Å². The zero-order valence-corrected chi connectivity index (χ0v) is 33.0. The third kappa shape index (κ3) is 6.14. The third-order valence-corrected chi connectivity index (χ3v) is 11.8. The Morgan fingerprint density at radius 2 is 0.867 bits per heavy atom. The first-order valence-corrected chi connectivity index (χ1v) is 20.6. The fourth-order valence-corrected chi connectivity index (χ4v) is 9.06. The van der Waals surface area contributed by atoms with Crippen molar-refractivity contribution in [3.63, 3.8) is 0 Å². The molecule has 11 aromatic rings. The highest BCUT2D eigenvalue weighted by molar-refractivity contribution is 6.17. The first-order valence-electron chi connectivity index (χ1n) is 20.6. The van der Waals surface area contributed by atoms with E-state index in [4.69, 9.17) is 0 Å². The minimum absolute atomic E-state index is 1.08. The van der Waals surface area contributed by atoms with E-state index in [-0.39, 0.29) is 0 Å². The van der Waals surface area contributed by atoms with Gasteiger partial charge in [0, 0.05) is 27.7 Å². The number of hydrogen-bond acceptors (Lipinski definition) is 1. The predicted molar refractivity (Wildman–Crippen MR) is 255 cm³/mol. The van der Waals surface area contributed by atoms with Gasteiger partial charge in [0.25, 0.3) is 0 Å². The van der Waals surface area contributed by atoms with Crippen LogP contribution in [-0.2, 0) is 0 Å². The summed E-state index contributed by atoms with van der Waals surface area (Å²) >= 11 is 0. The van der Waals surface area contributed by atoms with E-state index in [0.29, 0.717) is 0 Å². The maximum atomic E-state index is 2.50. The van der Waals surface area contributed by atoms with Crippen LogP contribution in [0.5, 0.6) is 0 Å². The fourth-order valence-electron chi connectivity index (χ4n) is 9.06. The Labute approximate surface area is 350 Å². The van der Waals surface area contributed by atoms with Gasteiger partial charge in [0.15, 0.2) is 0 Å². The van der Waals surface area contributed by atoms with Crippen molar-refractivity contribution in [2.45, 2.75) is 0 Å². The first kappa shape index (κ1) is 35.2. The molecule has 1 aromatic heterocycles. The number of nitrogens with zero attached hydrogens (tertiary/aromatic N) is 2. The van der Waals surface area contributed by atoms with Gasteiger partial charge in [-0.05, 0) is 104 Å². The maximum absolute atomic E-state index is 2.50. The molecule has 0 atom stereocenters. The summed E-state index contributed by atoms with van der Waals surface area (Å²) < 4.78 is 2.40. The molecule has 0 saturated heterocycles. The van der Waals surface area contributed by atoms with E-state index in [9.17, 15) is 0 Å².